The van der Waals surface area contributed by atoms with Gasteiger partial charge < -0.3 is 14.3 Å². The molecule has 0 saturated heterocycles. The fourth-order valence-electron chi connectivity index (χ4n) is 1.73. The molecule has 1 N–H and O–H groups in total. The first-order valence-corrected chi connectivity index (χ1v) is 5.57. The van der Waals surface area contributed by atoms with Crippen molar-refractivity contribution in [2.45, 2.75) is 0 Å². The van der Waals surface area contributed by atoms with Crippen LogP contribution in [0.15, 0.2) is 53.3 Å². The number of ether oxygens (including phenoxy) is 1. The number of rotatable bonds is 3. The third-order valence-electron chi connectivity index (χ3n) is 2.66. The van der Waals surface area contributed by atoms with Crippen LogP contribution in [0.4, 0.5) is 0 Å². The molecule has 0 unspecified atom stereocenters. The van der Waals surface area contributed by atoms with E-state index >= 15 is 0 Å². The summed E-state index contributed by atoms with van der Waals surface area (Å²) >= 11 is 0. The predicted molar refractivity (Wildman–Crippen MR) is 67.5 cm³/mol. The molecular formula is C14H9NO4. The highest BCUT2D eigenvalue weighted by atomic mass is 16.5. The van der Waals surface area contributed by atoms with Gasteiger partial charge in [-0.25, -0.2) is 9.78 Å². The first-order valence-electron chi connectivity index (χ1n) is 5.57. The van der Waals surface area contributed by atoms with E-state index in [4.69, 9.17) is 14.3 Å². The maximum Gasteiger partial charge on any atom is 0.335 e. The Hall–Kier alpha value is -2.82. The van der Waals surface area contributed by atoms with Crippen molar-refractivity contribution in [2.75, 3.05) is 0 Å². The van der Waals surface area contributed by atoms with E-state index in [0.29, 0.717) is 17.2 Å². The van der Waals surface area contributed by atoms with Gasteiger partial charge in [-0.05, 0) is 36.4 Å². The van der Waals surface area contributed by atoms with E-state index in [2.05, 4.69) is 4.98 Å². The highest BCUT2D eigenvalue weighted by Gasteiger charge is 2.08. The van der Waals surface area contributed by atoms with Crippen LogP contribution in [0.1, 0.15) is 10.4 Å². The molecule has 0 bridgehead atoms. The van der Waals surface area contributed by atoms with E-state index in [0.717, 1.165) is 5.39 Å². The standard InChI is InChI=1S/C14H9NO4/c16-14(17)9-1-3-10(4-2-9)19-13-11-6-8-18-12(11)5-7-15-13/h1-8H,(H,16,17). The Labute approximate surface area is 108 Å². The second-order valence-electron chi connectivity index (χ2n) is 3.88. The molecule has 3 rings (SSSR count). The minimum Gasteiger partial charge on any atom is -0.478 e. The summed E-state index contributed by atoms with van der Waals surface area (Å²) in [5.74, 6) is -0.0258. The molecule has 5 heteroatoms. The van der Waals surface area contributed by atoms with Gasteiger partial charge in [0.15, 0.2) is 0 Å². The van der Waals surface area contributed by atoms with Gasteiger partial charge in [-0.3, -0.25) is 0 Å². The summed E-state index contributed by atoms with van der Waals surface area (Å²) < 4.78 is 10.9. The Morgan fingerprint density at radius 3 is 2.68 bits per heavy atom. The molecule has 0 fully saturated rings. The van der Waals surface area contributed by atoms with Crippen molar-refractivity contribution in [3.8, 4) is 11.6 Å². The van der Waals surface area contributed by atoms with Crippen LogP contribution in [0.3, 0.4) is 0 Å². The van der Waals surface area contributed by atoms with E-state index in [1.807, 2.05) is 0 Å². The molecule has 2 heterocycles. The van der Waals surface area contributed by atoms with Crippen molar-refractivity contribution >= 4 is 16.9 Å². The molecule has 94 valence electrons. The lowest BCUT2D eigenvalue weighted by molar-refractivity contribution is 0.0697. The third-order valence-corrected chi connectivity index (χ3v) is 2.66. The smallest absolute Gasteiger partial charge is 0.335 e. The molecule has 0 spiro atoms. The van der Waals surface area contributed by atoms with Gasteiger partial charge in [0.2, 0.25) is 5.88 Å². The number of carboxylic acids is 1. The number of carbonyl (C=O) groups is 1. The number of carboxylic acid groups (broad SMARTS) is 1. The number of aromatic carboxylic acids is 1. The number of nitrogens with zero attached hydrogens (tertiary/aromatic N) is 1. The molecule has 0 amide bonds. The predicted octanol–water partition coefficient (Wildman–Crippen LogP) is 3.32. The Kier molecular flexibility index (Phi) is 2.64. The van der Waals surface area contributed by atoms with Gasteiger partial charge in [-0.2, -0.15) is 0 Å². The molecule has 19 heavy (non-hydrogen) atoms. The van der Waals surface area contributed by atoms with Crippen molar-refractivity contribution < 1.29 is 19.1 Å². The normalized spacial score (nSPS) is 10.5. The number of hydrogen-bond acceptors (Lipinski definition) is 4. The van der Waals surface area contributed by atoms with E-state index in [-0.39, 0.29) is 5.56 Å². The highest BCUT2D eigenvalue weighted by molar-refractivity contribution is 5.87. The van der Waals surface area contributed by atoms with Crippen LogP contribution in [0.5, 0.6) is 11.6 Å². The molecule has 1 aromatic carbocycles. The Balaban J connectivity index is 1.92. The summed E-state index contributed by atoms with van der Waals surface area (Å²) in [6.07, 6.45) is 3.15. The van der Waals surface area contributed by atoms with Crippen LogP contribution in [-0.4, -0.2) is 16.1 Å². The molecule has 0 aliphatic carbocycles. The summed E-state index contributed by atoms with van der Waals surface area (Å²) in [4.78, 5) is 14.9. The van der Waals surface area contributed by atoms with Gasteiger partial charge in [0, 0.05) is 6.20 Å². The molecular weight excluding hydrogens is 246 g/mol. The monoisotopic (exact) mass is 255 g/mol. The van der Waals surface area contributed by atoms with E-state index in [9.17, 15) is 4.79 Å². The van der Waals surface area contributed by atoms with E-state index in [1.165, 1.54) is 12.1 Å². The van der Waals surface area contributed by atoms with Gasteiger partial charge in [0.05, 0.1) is 17.2 Å². The average molecular weight is 255 g/mol. The van der Waals surface area contributed by atoms with Gasteiger partial charge in [-0.15, -0.1) is 0 Å². The number of fused-ring (bicyclic) bond motifs is 1. The van der Waals surface area contributed by atoms with E-state index < -0.39 is 5.97 Å². The molecule has 5 nitrogen and oxygen atoms in total. The number of hydrogen-bond donors (Lipinski definition) is 1. The molecule has 0 radical (unpaired) electrons. The van der Waals surface area contributed by atoms with Crippen molar-refractivity contribution in [1.82, 2.24) is 4.98 Å². The maximum absolute atomic E-state index is 10.7. The van der Waals surface area contributed by atoms with Gasteiger partial charge >= 0.3 is 5.97 Å². The molecule has 2 aromatic heterocycles. The first-order chi connectivity index (χ1) is 9.24. The third kappa shape index (κ3) is 2.13. The van der Waals surface area contributed by atoms with Crippen molar-refractivity contribution in [1.29, 1.82) is 0 Å². The van der Waals surface area contributed by atoms with Crippen molar-refractivity contribution in [2.24, 2.45) is 0 Å². The first kappa shape index (κ1) is 11.3. The number of furan rings is 1. The largest absolute Gasteiger partial charge is 0.478 e. The topological polar surface area (TPSA) is 72.6 Å². The molecule has 0 saturated carbocycles. The average Bonchev–Trinajstić information content (AvgIpc) is 2.89. The molecule has 0 aliphatic rings. The van der Waals surface area contributed by atoms with Gasteiger partial charge in [0.25, 0.3) is 0 Å². The molecule has 3 aromatic rings. The lowest BCUT2D eigenvalue weighted by atomic mass is 10.2. The van der Waals surface area contributed by atoms with Crippen molar-refractivity contribution in [3.63, 3.8) is 0 Å². The lowest BCUT2D eigenvalue weighted by Crippen LogP contribution is -1.95. The maximum atomic E-state index is 10.7. The molecule has 0 aliphatic heterocycles. The van der Waals surface area contributed by atoms with Crippen LogP contribution < -0.4 is 4.74 Å². The SMILES string of the molecule is O=C(O)c1ccc(Oc2nccc3occc23)cc1. The Bertz CT molecular complexity index is 731. The van der Waals surface area contributed by atoms with Gasteiger partial charge in [-0.1, -0.05) is 0 Å². The van der Waals surface area contributed by atoms with Crippen molar-refractivity contribution in [3.05, 3.63) is 54.4 Å². The minimum absolute atomic E-state index is 0.210. The fraction of sp³-hybridized carbons (Fsp3) is 0. The summed E-state index contributed by atoms with van der Waals surface area (Å²) in [5, 5.41) is 9.58. The Morgan fingerprint density at radius 1 is 1.16 bits per heavy atom. The lowest BCUT2D eigenvalue weighted by Gasteiger charge is -2.05. The number of aromatic nitrogens is 1. The Morgan fingerprint density at radius 2 is 1.95 bits per heavy atom. The van der Waals surface area contributed by atoms with Crippen LogP contribution in [0, 0.1) is 0 Å². The summed E-state index contributed by atoms with van der Waals surface area (Å²) in [7, 11) is 0. The van der Waals surface area contributed by atoms with Crippen LogP contribution >= 0.6 is 0 Å². The number of benzene rings is 1. The second kappa shape index (κ2) is 4.45. The van der Waals surface area contributed by atoms with Gasteiger partial charge in [0.1, 0.15) is 11.3 Å². The zero-order chi connectivity index (χ0) is 13.2. The quantitative estimate of drug-likeness (QED) is 0.777. The minimum atomic E-state index is -0.971. The summed E-state index contributed by atoms with van der Waals surface area (Å²) in [6.45, 7) is 0. The van der Waals surface area contributed by atoms with Crippen LogP contribution in [0.25, 0.3) is 11.0 Å². The summed E-state index contributed by atoms with van der Waals surface area (Å²) in [6, 6.07) is 9.65. The fourth-order valence-corrected chi connectivity index (χ4v) is 1.73. The summed E-state index contributed by atoms with van der Waals surface area (Å²) in [5.41, 5.74) is 0.897. The molecule has 0 atom stereocenters. The zero-order valence-electron chi connectivity index (χ0n) is 9.74. The zero-order valence-corrected chi connectivity index (χ0v) is 9.74. The van der Waals surface area contributed by atoms with E-state index in [1.54, 1.807) is 36.7 Å². The number of pyridine rings is 1. The second-order valence-corrected chi connectivity index (χ2v) is 3.88. The highest BCUT2D eigenvalue weighted by Crippen LogP contribution is 2.28. The van der Waals surface area contributed by atoms with Crippen LogP contribution in [0.2, 0.25) is 0 Å². The van der Waals surface area contributed by atoms with Crippen LogP contribution in [-0.2, 0) is 0 Å².